The molecule has 1 aromatic rings. The number of benzene rings is 1. The van der Waals surface area contributed by atoms with Crippen molar-refractivity contribution >= 4 is 17.8 Å². The van der Waals surface area contributed by atoms with Crippen LogP contribution in [0.15, 0.2) is 18.2 Å². The summed E-state index contributed by atoms with van der Waals surface area (Å²) in [7, 11) is 0. The van der Waals surface area contributed by atoms with Crippen LogP contribution in [0.3, 0.4) is 0 Å². The Balaban J connectivity index is 2.21. The number of hydrogen-bond acceptors (Lipinski definition) is 4. The Morgan fingerprint density at radius 3 is 2.48 bits per heavy atom. The molecule has 0 aromatic heterocycles. The Kier molecular flexibility index (Phi) is 7.65. The summed E-state index contributed by atoms with van der Waals surface area (Å²) in [6.45, 7) is -0.0911. The molecular weight excluding hydrogens is 310 g/mol. The van der Waals surface area contributed by atoms with E-state index >= 15 is 0 Å². The van der Waals surface area contributed by atoms with Crippen molar-refractivity contribution < 1.29 is 27.9 Å². The highest BCUT2D eigenvalue weighted by Crippen LogP contribution is 2.10. The molecule has 0 aliphatic heterocycles. The van der Waals surface area contributed by atoms with Gasteiger partial charge in [-0.25, -0.2) is 13.6 Å². The molecule has 6 nitrogen and oxygen atoms in total. The Morgan fingerprint density at radius 1 is 1.09 bits per heavy atom. The molecule has 3 N–H and O–H groups in total. The maximum absolute atomic E-state index is 13.0. The maximum atomic E-state index is 13.0. The number of ether oxygens (including phenoxy) is 1. The van der Waals surface area contributed by atoms with Gasteiger partial charge >= 0.3 is 12.0 Å². The van der Waals surface area contributed by atoms with Crippen molar-refractivity contribution in [1.29, 1.82) is 0 Å². The Bertz CT molecular complexity index is 579. The van der Waals surface area contributed by atoms with Crippen LogP contribution >= 0.6 is 0 Å². The molecular formula is C15H18F2N2O4. The highest BCUT2D eigenvalue weighted by molar-refractivity contribution is 5.97. The fourth-order valence-corrected chi connectivity index (χ4v) is 1.75. The van der Waals surface area contributed by atoms with Crippen molar-refractivity contribution in [3.8, 4) is 0 Å². The first-order valence-corrected chi connectivity index (χ1v) is 7.07. The largest absolute Gasteiger partial charge is 0.457 e. The van der Waals surface area contributed by atoms with Gasteiger partial charge in [-0.1, -0.05) is 6.42 Å². The third kappa shape index (κ3) is 7.35. The number of urea groups is 1. The standard InChI is InChI=1S/C15H18F2N2O4/c16-11-6-5-10(8-12(11)17)13(20)9-23-14(21)4-2-1-3-7-19-15(18)22/h5-6,8H,1-4,7,9H2,(H3,18,19,22). The first-order chi connectivity index (χ1) is 10.9. The third-order valence-electron chi connectivity index (χ3n) is 2.96. The molecule has 0 unspecified atom stereocenters. The van der Waals surface area contributed by atoms with E-state index < -0.39 is 36.0 Å². The monoisotopic (exact) mass is 328 g/mol. The number of ketones is 1. The van der Waals surface area contributed by atoms with Crippen LogP contribution in [0.2, 0.25) is 0 Å². The van der Waals surface area contributed by atoms with Crippen LogP contribution in [-0.2, 0) is 9.53 Å². The molecule has 0 bridgehead atoms. The lowest BCUT2D eigenvalue weighted by Crippen LogP contribution is -2.29. The molecule has 0 saturated carbocycles. The van der Waals surface area contributed by atoms with Crippen molar-refractivity contribution in [2.24, 2.45) is 5.73 Å². The molecule has 2 amide bonds. The summed E-state index contributed by atoms with van der Waals surface area (Å²) < 4.78 is 30.5. The van der Waals surface area contributed by atoms with E-state index in [4.69, 9.17) is 10.5 Å². The fraction of sp³-hybridized carbons (Fsp3) is 0.400. The van der Waals surface area contributed by atoms with Gasteiger partial charge < -0.3 is 15.8 Å². The summed E-state index contributed by atoms with van der Waals surface area (Å²) in [4.78, 5) is 33.5. The van der Waals surface area contributed by atoms with E-state index in [0.717, 1.165) is 18.2 Å². The quantitative estimate of drug-likeness (QED) is 0.411. The van der Waals surface area contributed by atoms with Gasteiger partial charge in [-0.3, -0.25) is 9.59 Å². The second-order valence-electron chi connectivity index (χ2n) is 4.81. The molecule has 0 fully saturated rings. The number of halogens is 2. The van der Waals surface area contributed by atoms with Crippen LogP contribution in [0.4, 0.5) is 13.6 Å². The number of primary amides is 1. The molecule has 1 aromatic carbocycles. The van der Waals surface area contributed by atoms with Gasteiger partial charge in [0, 0.05) is 18.5 Å². The van der Waals surface area contributed by atoms with E-state index in [1.807, 2.05) is 0 Å². The van der Waals surface area contributed by atoms with Crippen molar-refractivity contribution in [3.63, 3.8) is 0 Å². The van der Waals surface area contributed by atoms with E-state index in [-0.39, 0.29) is 12.0 Å². The van der Waals surface area contributed by atoms with Gasteiger partial charge in [-0.05, 0) is 31.0 Å². The highest BCUT2D eigenvalue weighted by Gasteiger charge is 2.12. The summed E-state index contributed by atoms with van der Waals surface area (Å²) in [6.07, 6.45) is 2.02. The van der Waals surface area contributed by atoms with Crippen molar-refractivity contribution in [3.05, 3.63) is 35.4 Å². The van der Waals surface area contributed by atoms with Crippen LogP contribution in [0.5, 0.6) is 0 Å². The van der Waals surface area contributed by atoms with Gasteiger partial charge in [0.2, 0.25) is 0 Å². The number of Topliss-reactive ketones (excluding diaryl/α,β-unsaturated/α-hetero) is 1. The summed E-state index contributed by atoms with van der Waals surface area (Å²) in [5.74, 6) is -3.34. The maximum Gasteiger partial charge on any atom is 0.312 e. The Labute approximate surface area is 132 Å². The average molecular weight is 328 g/mol. The third-order valence-corrected chi connectivity index (χ3v) is 2.96. The number of esters is 1. The van der Waals surface area contributed by atoms with Gasteiger partial charge in [0.15, 0.2) is 24.0 Å². The van der Waals surface area contributed by atoms with Crippen molar-refractivity contribution in [2.75, 3.05) is 13.2 Å². The van der Waals surface area contributed by atoms with Gasteiger partial charge in [-0.2, -0.15) is 0 Å². The second kappa shape index (κ2) is 9.50. The lowest BCUT2D eigenvalue weighted by Gasteiger charge is -2.05. The number of hydrogen-bond donors (Lipinski definition) is 2. The number of carbonyl (C=O) groups is 3. The molecule has 0 aliphatic rings. The zero-order valence-corrected chi connectivity index (χ0v) is 12.4. The van der Waals surface area contributed by atoms with Crippen LogP contribution < -0.4 is 11.1 Å². The van der Waals surface area contributed by atoms with Crippen LogP contribution in [0.25, 0.3) is 0 Å². The SMILES string of the molecule is NC(=O)NCCCCCC(=O)OCC(=O)c1ccc(F)c(F)c1. The number of nitrogens with two attached hydrogens (primary N) is 1. The lowest BCUT2D eigenvalue weighted by molar-refractivity contribution is -0.142. The van der Waals surface area contributed by atoms with E-state index in [2.05, 4.69) is 5.32 Å². The normalized spacial score (nSPS) is 10.2. The second-order valence-corrected chi connectivity index (χ2v) is 4.81. The van der Waals surface area contributed by atoms with Crippen LogP contribution in [0, 0.1) is 11.6 Å². The summed E-state index contributed by atoms with van der Waals surface area (Å²) >= 11 is 0. The fourth-order valence-electron chi connectivity index (χ4n) is 1.75. The summed E-state index contributed by atoms with van der Waals surface area (Å²) in [6, 6.07) is 2.13. The molecule has 0 radical (unpaired) electrons. The van der Waals surface area contributed by atoms with Crippen LogP contribution in [0.1, 0.15) is 36.0 Å². The molecule has 1 rings (SSSR count). The molecule has 8 heteroatoms. The number of amides is 2. The molecule has 0 heterocycles. The minimum atomic E-state index is -1.13. The topological polar surface area (TPSA) is 98.5 Å². The first-order valence-electron chi connectivity index (χ1n) is 7.07. The predicted molar refractivity (Wildman–Crippen MR) is 77.7 cm³/mol. The van der Waals surface area contributed by atoms with Gasteiger partial charge in [0.05, 0.1) is 0 Å². The van der Waals surface area contributed by atoms with Gasteiger partial charge in [-0.15, -0.1) is 0 Å². The predicted octanol–water partition coefficient (Wildman–Crippen LogP) is 1.92. The summed E-state index contributed by atoms with van der Waals surface area (Å²) in [5.41, 5.74) is 4.83. The molecule has 0 atom stereocenters. The van der Waals surface area contributed by atoms with E-state index in [0.29, 0.717) is 25.8 Å². The smallest absolute Gasteiger partial charge is 0.312 e. The number of rotatable bonds is 9. The van der Waals surface area contributed by atoms with Gasteiger partial charge in [0.25, 0.3) is 0 Å². The lowest BCUT2D eigenvalue weighted by atomic mass is 10.1. The van der Waals surface area contributed by atoms with Crippen LogP contribution in [-0.4, -0.2) is 30.9 Å². The number of nitrogens with one attached hydrogen (secondary N) is 1. The molecule has 23 heavy (non-hydrogen) atoms. The van der Waals surface area contributed by atoms with Gasteiger partial charge in [0.1, 0.15) is 0 Å². The van der Waals surface area contributed by atoms with E-state index in [1.54, 1.807) is 0 Å². The molecule has 126 valence electrons. The minimum absolute atomic E-state index is 0.0609. The van der Waals surface area contributed by atoms with Crippen molar-refractivity contribution in [2.45, 2.75) is 25.7 Å². The first kappa shape index (κ1) is 18.5. The average Bonchev–Trinajstić information content (AvgIpc) is 2.50. The molecule has 0 saturated heterocycles. The van der Waals surface area contributed by atoms with E-state index in [1.165, 1.54) is 0 Å². The Hall–Kier alpha value is -2.51. The molecule has 0 aliphatic carbocycles. The summed E-state index contributed by atoms with van der Waals surface area (Å²) in [5, 5.41) is 2.42. The molecule has 0 spiro atoms. The highest BCUT2D eigenvalue weighted by atomic mass is 19.2. The zero-order chi connectivity index (χ0) is 17.2. The van der Waals surface area contributed by atoms with Crippen molar-refractivity contribution in [1.82, 2.24) is 5.32 Å². The number of carbonyl (C=O) groups excluding carboxylic acids is 3. The van der Waals surface area contributed by atoms with E-state index in [9.17, 15) is 23.2 Å². The zero-order valence-electron chi connectivity index (χ0n) is 12.4. The number of unbranched alkanes of at least 4 members (excludes halogenated alkanes) is 2. The Morgan fingerprint density at radius 2 is 1.83 bits per heavy atom. The minimum Gasteiger partial charge on any atom is -0.457 e.